The highest BCUT2D eigenvalue weighted by atomic mass is 15.2. The molecule has 1 atom stereocenters. The van der Waals surface area contributed by atoms with Crippen molar-refractivity contribution in [1.82, 2.24) is 9.88 Å². The van der Waals surface area contributed by atoms with Crippen LogP contribution in [0.1, 0.15) is 35.4 Å². The molecule has 0 amide bonds. The Labute approximate surface area is 173 Å². The van der Waals surface area contributed by atoms with Gasteiger partial charge in [0.25, 0.3) is 0 Å². The Hall–Kier alpha value is -2.78. The van der Waals surface area contributed by atoms with Gasteiger partial charge < -0.3 is 0 Å². The second-order valence-electron chi connectivity index (χ2n) is 8.15. The zero-order valence-electron chi connectivity index (χ0n) is 16.7. The van der Waals surface area contributed by atoms with Crippen molar-refractivity contribution in [3.8, 4) is 0 Å². The molecule has 29 heavy (non-hydrogen) atoms. The van der Waals surface area contributed by atoms with E-state index in [-0.39, 0.29) is 0 Å². The molecule has 6 rings (SSSR count). The molecule has 2 bridgehead atoms. The summed E-state index contributed by atoms with van der Waals surface area (Å²) in [4.78, 5) is 12.1. The molecule has 3 aromatic rings. The molecule has 4 heterocycles. The minimum atomic E-state index is 0.316. The van der Waals surface area contributed by atoms with Crippen molar-refractivity contribution < 1.29 is 0 Å². The summed E-state index contributed by atoms with van der Waals surface area (Å²) >= 11 is 0. The SMILES string of the molecule is c1ccc(C(c2ccccc2)C2/C(=N/Cc3ccncc3)C3CCN2CC3)cc1. The van der Waals surface area contributed by atoms with Crippen molar-refractivity contribution in [3.05, 3.63) is 102 Å². The monoisotopic (exact) mass is 381 g/mol. The fourth-order valence-electron chi connectivity index (χ4n) is 5.05. The third-order valence-electron chi connectivity index (χ3n) is 6.47. The van der Waals surface area contributed by atoms with Gasteiger partial charge >= 0.3 is 0 Å². The van der Waals surface area contributed by atoms with Gasteiger partial charge in [-0.2, -0.15) is 0 Å². The zero-order chi connectivity index (χ0) is 19.5. The zero-order valence-corrected chi connectivity index (χ0v) is 16.7. The number of nitrogens with zero attached hydrogens (tertiary/aromatic N) is 3. The van der Waals surface area contributed by atoms with Crippen LogP contribution in [-0.4, -0.2) is 34.7 Å². The quantitative estimate of drug-likeness (QED) is 0.626. The molecule has 1 unspecified atom stereocenters. The fourth-order valence-corrected chi connectivity index (χ4v) is 5.05. The summed E-state index contributed by atoms with van der Waals surface area (Å²) in [6.07, 6.45) is 6.20. The second kappa shape index (κ2) is 8.30. The van der Waals surface area contributed by atoms with Crippen LogP contribution in [0, 0.1) is 5.92 Å². The molecule has 3 fully saturated rings. The number of hydrogen-bond donors (Lipinski definition) is 0. The lowest BCUT2D eigenvalue weighted by atomic mass is 9.72. The number of benzene rings is 2. The van der Waals surface area contributed by atoms with Crippen molar-refractivity contribution in [2.45, 2.75) is 31.3 Å². The van der Waals surface area contributed by atoms with Crippen LogP contribution in [0.5, 0.6) is 0 Å². The maximum Gasteiger partial charge on any atom is 0.0641 e. The molecule has 2 aromatic carbocycles. The summed E-state index contributed by atoms with van der Waals surface area (Å²) < 4.78 is 0. The molecule has 146 valence electrons. The molecule has 3 aliphatic heterocycles. The molecule has 0 saturated carbocycles. The van der Waals surface area contributed by atoms with Gasteiger partial charge in [-0.15, -0.1) is 0 Å². The highest BCUT2D eigenvalue weighted by molar-refractivity contribution is 5.94. The van der Waals surface area contributed by atoms with E-state index in [2.05, 4.69) is 82.7 Å². The van der Waals surface area contributed by atoms with Gasteiger partial charge in [0.2, 0.25) is 0 Å². The maximum atomic E-state index is 5.24. The van der Waals surface area contributed by atoms with E-state index in [0.717, 1.165) is 6.54 Å². The normalized spacial score (nSPS) is 24.9. The van der Waals surface area contributed by atoms with E-state index in [9.17, 15) is 0 Å². The van der Waals surface area contributed by atoms with E-state index >= 15 is 0 Å². The minimum absolute atomic E-state index is 0.316. The van der Waals surface area contributed by atoms with Crippen LogP contribution >= 0.6 is 0 Å². The van der Waals surface area contributed by atoms with Crippen molar-refractivity contribution in [1.29, 1.82) is 0 Å². The van der Waals surface area contributed by atoms with E-state index in [1.54, 1.807) is 0 Å². The standard InChI is InChI=1S/C26H27N3/c1-3-7-21(8-4-1)24(22-9-5-2-6-10-22)26-25(23-13-17-29(26)18-14-23)28-19-20-11-15-27-16-12-20/h1-12,15-16,23-24,26H,13-14,17-19H2/b28-25+. The summed E-state index contributed by atoms with van der Waals surface area (Å²) in [5.41, 5.74) is 5.40. The van der Waals surface area contributed by atoms with Gasteiger partial charge in [0.1, 0.15) is 0 Å². The van der Waals surface area contributed by atoms with Gasteiger partial charge in [-0.05, 0) is 54.8 Å². The van der Waals surface area contributed by atoms with Crippen LogP contribution in [0.4, 0.5) is 0 Å². The van der Waals surface area contributed by atoms with Crippen molar-refractivity contribution in [2.75, 3.05) is 13.1 Å². The lowest BCUT2D eigenvalue weighted by molar-refractivity contribution is 0.135. The van der Waals surface area contributed by atoms with Crippen molar-refractivity contribution in [2.24, 2.45) is 10.9 Å². The van der Waals surface area contributed by atoms with Crippen LogP contribution in [0.3, 0.4) is 0 Å². The fraction of sp³-hybridized carbons (Fsp3) is 0.308. The van der Waals surface area contributed by atoms with E-state index in [0.29, 0.717) is 17.9 Å². The summed E-state index contributed by atoms with van der Waals surface area (Å²) in [6, 6.07) is 26.5. The number of fused-ring (bicyclic) bond motifs is 3. The molecule has 0 N–H and O–H groups in total. The van der Waals surface area contributed by atoms with Gasteiger partial charge in [-0.3, -0.25) is 14.9 Å². The first-order valence-corrected chi connectivity index (χ1v) is 10.7. The smallest absolute Gasteiger partial charge is 0.0641 e. The van der Waals surface area contributed by atoms with E-state index in [1.165, 1.54) is 48.3 Å². The van der Waals surface area contributed by atoms with Gasteiger partial charge in [-0.1, -0.05) is 60.7 Å². The topological polar surface area (TPSA) is 28.5 Å². The lowest BCUT2D eigenvalue weighted by Gasteiger charge is -2.49. The molecule has 3 saturated heterocycles. The van der Waals surface area contributed by atoms with Gasteiger partial charge in [0.15, 0.2) is 0 Å². The molecular weight excluding hydrogens is 354 g/mol. The lowest BCUT2D eigenvalue weighted by Crippen LogP contribution is -2.58. The highest BCUT2D eigenvalue weighted by Gasteiger charge is 2.43. The molecule has 0 spiro atoms. The average Bonchev–Trinajstić information content (AvgIpc) is 2.81. The van der Waals surface area contributed by atoms with Crippen LogP contribution < -0.4 is 0 Å². The molecular formula is C26H27N3. The van der Waals surface area contributed by atoms with Gasteiger partial charge in [0, 0.05) is 29.9 Å². The number of pyridine rings is 1. The third kappa shape index (κ3) is 3.75. The van der Waals surface area contributed by atoms with Crippen LogP contribution in [0.15, 0.2) is 90.2 Å². The molecule has 3 nitrogen and oxygen atoms in total. The van der Waals surface area contributed by atoms with E-state index in [1.807, 2.05) is 12.4 Å². The Morgan fingerprint density at radius 1 is 0.828 bits per heavy atom. The Balaban J connectivity index is 1.57. The number of aromatic nitrogens is 1. The second-order valence-corrected chi connectivity index (χ2v) is 8.15. The average molecular weight is 382 g/mol. The largest absolute Gasteiger partial charge is 0.294 e. The number of hydrogen-bond acceptors (Lipinski definition) is 3. The summed E-state index contributed by atoms with van der Waals surface area (Å²) in [5, 5.41) is 0. The predicted molar refractivity (Wildman–Crippen MR) is 118 cm³/mol. The van der Waals surface area contributed by atoms with Crippen LogP contribution in [0.25, 0.3) is 0 Å². The first kappa shape index (κ1) is 18.3. The highest BCUT2D eigenvalue weighted by Crippen LogP contribution is 2.40. The maximum absolute atomic E-state index is 5.24. The molecule has 3 aliphatic rings. The number of piperidine rings is 3. The Morgan fingerprint density at radius 3 is 2.00 bits per heavy atom. The third-order valence-corrected chi connectivity index (χ3v) is 6.47. The molecule has 1 aromatic heterocycles. The Morgan fingerprint density at radius 2 is 1.41 bits per heavy atom. The predicted octanol–water partition coefficient (Wildman–Crippen LogP) is 4.95. The summed E-state index contributed by atoms with van der Waals surface area (Å²) in [6.45, 7) is 3.11. The van der Waals surface area contributed by atoms with Crippen molar-refractivity contribution >= 4 is 5.71 Å². The van der Waals surface area contributed by atoms with E-state index < -0.39 is 0 Å². The number of rotatable bonds is 5. The van der Waals surface area contributed by atoms with Crippen LogP contribution in [0.2, 0.25) is 0 Å². The summed E-state index contributed by atoms with van der Waals surface area (Å²) in [5.74, 6) is 0.929. The Kier molecular flexibility index (Phi) is 5.23. The van der Waals surface area contributed by atoms with Gasteiger partial charge in [-0.25, -0.2) is 0 Å². The molecule has 0 radical (unpaired) electrons. The van der Waals surface area contributed by atoms with Crippen LogP contribution in [-0.2, 0) is 6.54 Å². The number of aliphatic imine (C=N–C) groups is 1. The molecule has 3 heteroatoms. The van der Waals surface area contributed by atoms with E-state index in [4.69, 9.17) is 4.99 Å². The Bertz CT molecular complexity index is 906. The first-order chi connectivity index (χ1) is 14.4. The molecule has 0 aliphatic carbocycles. The van der Waals surface area contributed by atoms with Gasteiger partial charge in [0.05, 0.1) is 12.6 Å². The minimum Gasteiger partial charge on any atom is -0.294 e. The summed E-state index contributed by atoms with van der Waals surface area (Å²) in [7, 11) is 0. The van der Waals surface area contributed by atoms with Crippen molar-refractivity contribution in [3.63, 3.8) is 0 Å². The first-order valence-electron chi connectivity index (χ1n) is 10.7.